The first kappa shape index (κ1) is 24.1. The van der Waals surface area contributed by atoms with Crippen LogP contribution >= 0.6 is 0 Å². The normalized spacial score (nSPS) is 16.5. The molecule has 0 amide bonds. The van der Waals surface area contributed by atoms with Gasteiger partial charge in [-0.25, -0.2) is 15.0 Å². The number of nitrogens with one attached hydrogen (secondary N) is 1. The van der Waals surface area contributed by atoms with Gasteiger partial charge in [-0.3, -0.25) is 4.79 Å². The summed E-state index contributed by atoms with van der Waals surface area (Å²) in [5.74, 6) is 0.389. The third kappa shape index (κ3) is 6.23. The maximum absolute atomic E-state index is 11.8. The molecular weight excluding hydrogens is 418 g/mol. The number of nitrogens with zero attached hydrogens (tertiary/aromatic N) is 4. The van der Waals surface area contributed by atoms with Crippen molar-refractivity contribution in [2.75, 3.05) is 31.7 Å². The topological polar surface area (TPSA) is 84.0 Å². The van der Waals surface area contributed by atoms with Crippen LogP contribution in [0.4, 0.5) is 5.69 Å². The minimum atomic E-state index is -0.803. The van der Waals surface area contributed by atoms with Gasteiger partial charge in [0, 0.05) is 82.4 Å². The maximum atomic E-state index is 11.8. The zero-order valence-electron chi connectivity index (χ0n) is 19.9. The average molecular weight is 454 g/mol. The van der Waals surface area contributed by atoms with Crippen molar-refractivity contribution in [2.45, 2.75) is 45.5 Å². The van der Waals surface area contributed by atoms with E-state index in [-0.39, 0.29) is 11.7 Å². The fourth-order valence-electron chi connectivity index (χ4n) is 3.90. The molecular formula is C24H35N5O2Si. The van der Waals surface area contributed by atoms with Gasteiger partial charge in [-0.05, 0) is 31.9 Å². The highest BCUT2D eigenvalue weighted by Gasteiger charge is 2.25. The Morgan fingerprint density at radius 2 is 2.03 bits per heavy atom. The number of hydrogen-bond donors (Lipinski definition) is 1. The summed E-state index contributed by atoms with van der Waals surface area (Å²) in [6, 6.07) is 3.31. The van der Waals surface area contributed by atoms with Gasteiger partial charge in [0.05, 0.1) is 5.39 Å². The van der Waals surface area contributed by atoms with E-state index in [9.17, 15) is 4.79 Å². The lowest BCUT2D eigenvalue weighted by atomic mass is 9.94. The van der Waals surface area contributed by atoms with E-state index >= 15 is 0 Å². The molecule has 0 aromatic carbocycles. The Morgan fingerprint density at radius 3 is 2.66 bits per heavy atom. The van der Waals surface area contributed by atoms with Crippen molar-refractivity contribution < 1.29 is 9.53 Å². The molecule has 4 heterocycles. The number of rotatable bonds is 6. The summed E-state index contributed by atoms with van der Waals surface area (Å²) in [5.41, 5.74) is 3.96. The van der Waals surface area contributed by atoms with Gasteiger partial charge in [-0.2, -0.15) is 0 Å². The van der Waals surface area contributed by atoms with E-state index in [0.717, 1.165) is 60.4 Å². The van der Waals surface area contributed by atoms with E-state index in [0.29, 0.717) is 0 Å². The van der Waals surface area contributed by atoms with Crippen molar-refractivity contribution in [3.8, 4) is 11.1 Å². The van der Waals surface area contributed by atoms with Crippen LogP contribution in [-0.4, -0.2) is 60.6 Å². The van der Waals surface area contributed by atoms with Crippen LogP contribution in [0.2, 0.25) is 25.7 Å². The largest absolute Gasteiger partial charge is 0.385 e. The van der Waals surface area contributed by atoms with Gasteiger partial charge in [0.2, 0.25) is 0 Å². The molecule has 1 unspecified atom stereocenters. The Morgan fingerprint density at radius 1 is 1.28 bits per heavy atom. The molecule has 0 radical (unpaired) electrons. The number of hydrogen-bond acceptors (Lipinski definition) is 6. The fourth-order valence-corrected chi connectivity index (χ4v) is 4.72. The second kappa shape index (κ2) is 10.8. The summed E-state index contributed by atoms with van der Waals surface area (Å²) >= 11 is 0. The standard InChI is InChI=1S/C18H19N5O.C6H16OSi/c1-12(24)13-3-2-6-23(10-13)16-4-5-21-18-17(16)15(9-22-18)14-7-19-11-20-8-14;1-7-5-6-8(2,3)4/h4-5,7-9,11,13H,2-3,6,10H2,1H3,(H,21,22);5-6H2,1-4H3. The van der Waals surface area contributed by atoms with E-state index in [1.165, 1.54) is 12.4 Å². The highest BCUT2D eigenvalue weighted by atomic mass is 28.3. The Kier molecular flexibility index (Phi) is 8.14. The molecule has 0 bridgehead atoms. The highest BCUT2D eigenvalue weighted by Crippen LogP contribution is 2.36. The number of aromatic amines is 1. The van der Waals surface area contributed by atoms with Crippen LogP contribution in [0.5, 0.6) is 0 Å². The number of methoxy groups -OCH3 is 1. The van der Waals surface area contributed by atoms with Gasteiger partial charge < -0.3 is 14.6 Å². The molecule has 0 spiro atoms. The Balaban J connectivity index is 0.000000312. The summed E-state index contributed by atoms with van der Waals surface area (Å²) in [6.45, 7) is 11.4. The number of carbonyl (C=O) groups is 1. The number of fused-ring (bicyclic) bond motifs is 1. The maximum Gasteiger partial charge on any atom is 0.139 e. The predicted octanol–water partition coefficient (Wildman–Crippen LogP) is 4.80. The van der Waals surface area contributed by atoms with E-state index in [2.05, 4.69) is 44.5 Å². The molecule has 1 saturated heterocycles. The fraction of sp³-hybridized carbons (Fsp3) is 0.500. The zero-order valence-corrected chi connectivity index (χ0v) is 20.9. The molecule has 1 fully saturated rings. The second-order valence-corrected chi connectivity index (χ2v) is 15.2. The number of carbonyl (C=O) groups excluding carboxylic acids is 1. The average Bonchev–Trinajstić information content (AvgIpc) is 3.23. The molecule has 8 heteroatoms. The molecule has 7 nitrogen and oxygen atoms in total. The van der Waals surface area contributed by atoms with Crippen LogP contribution in [0.3, 0.4) is 0 Å². The Bertz CT molecular complexity index is 1020. The summed E-state index contributed by atoms with van der Waals surface area (Å²) in [5, 5.41) is 1.07. The highest BCUT2D eigenvalue weighted by molar-refractivity contribution is 6.76. The predicted molar refractivity (Wildman–Crippen MR) is 133 cm³/mol. The summed E-state index contributed by atoms with van der Waals surface area (Å²) < 4.78 is 4.95. The van der Waals surface area contributed by atoms with Gasteiger partial charge in [-0.1, -0.05) is 19.6 Å². The number of ether oxygens (including phenoxy) is 1. The molecule has 3 aromatic heterocycles. The van der Waals surface area contributed by atoms with Crippen molar-refractivity contribution >= 4 is 30.6 Å². The van der Waals surface area contributed by atoms with E-state index < -0.39 is 8.07 Å². The monoisotopic (exact) mass is 453 g/mol. The number of H-pyrrole nitrogens is 1. The first-order valence-corrected chi connectivity index (χ1v) is 15.0. The summed E-state index contributed by atoms with van der Waals surface area (Å²) in [4.78, 5) is 30.1. The molecule has 1 atom stereocenters. The van der Waals surface area contributed by atoms with Crippen LogP contribution in [0, 0.1) is 5.92 Å². The number of pyridine rings is 1. The van der Waals surface area contributed by atoms with Gasteiger partial charge in [0.15, 0.2) is 0 Å². The lowest BCUT2D eigenvalue weighted by Gasteiger charge is -2.33. The molecule has 1 N–H and O–H groups in total. The van der Waals surface area contributed by atoms with Gasteiger partial charge >= 0.3 is 0 Å². The van der Waals surface area contributed by atoms with Crippen molar-refractivity contribution in [1.29, 1.82) is 0 Å². The van der Waals surface area contributed by atoms with E-state index in [1.807, 2.05) is 18.5 Å². The van der Waals surface area contributed by atoms with Gasteiger partial charge in [0.1, 0.15) is 17.8 Å². The summed E-state index contributed by atoms with van der Waals surface area (Å²) in [7, 11) is 0.961. The lowest BCUT2D eigenvalue weighted by molar-refractivity contribution is -0.120. The third-order valence-electron chi connectivity index (χ3n) is 5.82. The van der Waals surface area contributed by atoms with Crippen LogP contribution in [0.15, 0.2) is 37.2 Å². The van der Waals surface area contributed by atoms with Crippen molar-refractivity contribution in [3.05, 3.63) is 37.2 Å². The second-order valence-electron chi connectivity index (χ2n) is 9.58. The van der Waals surface area contributed by atoms with Gasteiger partial charge in [-0.15, -0.1) is 0 Å². The number of aromatic nitrogens is 4. The Labute approximate surface area is 191 Å². The first-order valence-electron chi connectivity index (χ1n) is 11.3. The number of ketones is 1. The van der Waals surface area contributed by atoms with Crippen LogP contribution < -0.4 is 4.90 Å². The smallest absolute Gasteiger partial charge is 0.139 e. The van der Waals surface area contributed by atoms with Crippen LogP contribution in [-0.2, 0) is 9.53 Å². The molecule has 1 aliphatic rings. The Hall–Kier alpha value is -2.58. The number of anilines is 1. The molecule has 32 heavy (non-hydrogen) atoms. The molecule has 4 rings (SSSR count). The van der Waals surface area contributed by atoms with E-state index in [1.54, 1.807) is 26.4 Å². The molecule has 172 valence electrons. The lowest BCUT2D eigenvalue weighted by Crippen LogP contribution is -2.38. The van der Waals surface area contributed by atoms with Crippen molar-refractivity contribution in [1.82, 2.24) is 19.9 Å². The number of Topliss-reactive ketones (excluding diaryl/α,β-unsaturated/α-hetero) is 1. The van der Waals surface area contributed by atoms with Crippen LogP contribution in [0.25, 0.3) is 22.2 Å². The zero-order chi connectivity index (χ0) is 23.1. The quantitative estimate of drug-likeness (QED) is 0.540. The SMILES string of the molecule is CC(=O)C1CCCN(c2ccnc3[nH]cc(-c4cncnc4)c23)C1.COCC[Si](C)(C)C. The number of piperidine rings is 1. The molecule has 0 aliphatic carbocycles. The molecule has 0 saturated carbocycles. The third-order valence-corrected chi connectivity index (χ3v) is 7.52. The van der Waals surface area contributed by atoms with E-state index in [4.69, 9.17) is 4.74 Å². The van der Waals surface area contributed by atoms with Crippen molar-refractivity contribution in [2.24, 2.45) is 5.92 Å². The molecule has 3 aromatic rings. The minimum Gasteiger partial charge on any atom is -0.385 e. The van der Waals surface area contributed by atoms with Gasteiger partial charge in [0.25, 0.3) is 0 Å². The minimum absolute atomic E-state index is 0.115. The summed E-state index contributed by atoms with van der Waals surface area (Å²) in [6.07, 6.45) is 10.9. The van der Waals surface area contributed by atoms with Crippen LogP contribution in [0.1, 0.15) is 19.8 Å². The molecule has 1 aliphatic heterocycles. The first-order chi connectivity index (χ1) is 15.3. The van der Waals surface area contributed by atoms with Crippen molar-refractivity contribution in [3.63, 3.8) is 0 Å².